The molecule has 0 atom stereocenters. The highest BCUT2D eigenvalue weighted by Gasteiger charge is 2.14. The van der Waals surface area contributed by atoms with Gasteiger partial charge in [0.2, 0.25) is 0 Å². The van der Waals surface area contributed by atoms with E-state index < -0.39 is 0 Å². The molecule has 0 radical (unpaired) electrons. The second kappa shape index (κ2) is 8.47. The molecule has 0 spiro atoms. The quantitative estimate of drug-likeness (QED) is 0.779. The minimum absolute atomic E-state index is 0.838. The first-order chi connectivity index (χ1) is 11.2. The molecule has 0 N–H and O–H groups in total. The Labute approximate surface area is 148 Å². The number of likely N-dealkylation sites (N-methyl/N-ethyl adjacent to an activating group) is 1. The third kappa shape index (κ3) is 4.92. The Morgan fingerprint density at radius 3 is 2.48 bits per heavy atom. The second-order valence-electron chi connectivity index (χ2n) is 6.62. The second-order valence-corrected chi connectivity index (χ2v) is 7.48. The van der Waals surface area contributed by atoms with Gasteiger partial charge in [0.1, 0.15) is 0 Å². The van der Waals surface area contributed by atoms with Crippen molar-refractivity contribution in [2.24, 2.45) is 0 Å². The Morgan fingerprint density at radius 1 is 1.04 bits per heavy atom. The number of anilines is 1. The summed E-state index contributed by atoms with van der Waals surface area (Å²) in [6.07, 6.45) is 2.38. The Kier molecular flexibility index (Phi) is 6.34. The molecule has 0 aliphatic carbocycles. The van der Waals surface area contributed by atoms with E-state index in [0.717, 1.165) is 32.7 Å². The molecule has 0 amide bonds. The van der Waals surface area contributed by atoms with Crippen LogP contribution in [0.4, 0.5) is 5.69 Å². The Hall–Kier alpha value is -0.620. The van der Waals surface area contributed by atoms with Gasteiger partial charge < -0.3 is 19.4 Å². The van der Waals surface area contributed by atoms with Crippen molar-refractivity contribution in [1.82, 2.24) is 9.80 Å². The van der Waals surface area contributed by atoms with Crippen molar-refractivity contribution >= 4 is 21.6 Å². The molecule has 5 heteroatoms. The van der Waals surface area contributed by atoms with Crippen LogP contribution in [-0.4, -0.2) is 75.9 Å². The Bertz CT molecular complexity index is 497. The first kappa shape index (κ1) is 17.2. The van der Waals surface area contributed by atoms with E-state index in [2.05, 4.69) is 55.9 Å². The molecule has 2 saturated heterocycles. The van der Waals surface area contributed by atoms with Gasteiger partial charge in [0.15, 0.2) is 0 Å². The molecular weight excluding hydrogens is 354 g/mol. The zero-order chi connectivity index (χ0) is 16.1. The number of aryl methyl sites for hydroxylation is 1. The summed E-state index contributed by atoms with van der Waals surface area (Å²) in [6, 6.07) is 6.83. The molecule has 0 unspecified atom stereocenters. The minimum atomic E-state index is 0.838. The van der Waals surface area contributed by atoms with Crippen molar-refractivity contribution in [3.63, 3.8) is 0 Å². The molecule has 3 rings (SSSR count). The van der Waals surface area contributed by atoms with Crippen LogP contribution in [0.2, 0.25) is 0 Å². The summed E-state index contributed by atoms with van der Waals surface area (Å²) in [6.45, 7) is 9.72. The highest BCUT2D eigenvalue weighted by atomic mass is 79.9. The molecular formula is C18H28BrN3O. The molecule has 2 aliphatic heterocycles. The van der Waals surface area contributed by atoms with Crippen LogP contribution < -0.4 is 4.90 Å². The van der Waals surface area contributed by atoms with E-state index in [1.54, 1.807) is 0 Å². The van der Waals surface area contributed by atoms with E-state index in [0.29, 0.717) is 0 Å². The van der Waals surface area contributed by atoms with E-state index in [-0.39, 0.29) is 0 Å². The van der Waals surface area contributed by atoms with Gasteiger partial charge in [-0.25, -0.2) is 0 Å². The number of benzene rings is 1. The van der Waals surface area contributed by atoms with Gasteiger partial charge >= 0.3 is 0 Å². The molecule has 0 bridgehead atoms. The molecule has 0 aromatic heterocycles. The number of hydrogen-bond acceptors (Lipinski definition) is 4. The number of piperazine rings is 1. The number of nitrogens with zero attached hydrogens (tertiary/aromatic N) is 3. The maximum Gasteiger partial charge on any atom is 0.0642 e. The maximum absolute atomic E-state index is 5.43. The predicted molar refractivity (Wildman–Crippen MR) is 99.4 cm³/mol. The lowest BCUT2D eigenvalue weighted by molar-refractivity contribution is 0.122. The van der Waals surface area contributed by atoms with Gasteiger partial charge in [0, 0.05) is 49.4 Å². The van der Waals surface area contributed by atoms with Gasteiger partial charge in [0.25, 0.3) is 0 Å². The van der Waals surface area contributed by atoms with Crippen LogP contribution in [0.5, 0.6) is 0 Å². The first-order valence-electron chi connectivity index (χ1n) is 8.74. The van der Waals surface area contributed by atoms with Crippen LogP contribution in [0.1, 0.15) is 12.0 Å². The van der Waals surface area contributed by atoms with E-state index in [9.17, 15) is 0 Å². The van der Waals surface area contributed by atoms with Gasteiger partial charge in [-0.15, -0.1) is 0 Å². The number of morpholine rings is 1. The fourth-order valence-corrected chi connectivity index (χ4v) is 3.89. The summed E-state index contributed by atoms with van der Waals surface area (Å²) in [5.74, 6) is 0. The third-order valence-corrected chi connectivity index (χ3v) is 5.67. The Morgan fingerprint density at radius 2 is 1.78 bits per heavy atom. The lowest BCUT2D eigenvalue weighted by Crippen LogP contribution is -2.44. The van der Waals surface area contributed by atoms with Gasteiger partial charge in [-0.1, -0.05) is 22.0 Å². The van der Waals surface area contributed by atoms with Crippen LogP contribution in [0.15, 0.2) is 22.7 Å². The highest BCUT2D eigenvalue weighted by Crippen LogP contribution is 2.26. The van der Waals surface area contributed by atoms with Crippen molar-refractivity contribution in [2.45, 2.75) is 12.8 Å². The molecule has 23 heavy (non-hydrogen) atoms. The smallest absolute Gasteiger partial charge is 0.0642 e. The molecule has 2 aliphatic rings. The van der Waals surface area contributed by atoms with Crippen molar-refractivity contribution in [2.75, 3.05) is 71.0 Å². The summed E-state index contributed by atoms with van der Waals surface area (Å²) in [4.78, 5) is 7.41. The third-order valence-electron chi connectivity index (χ3n) is 4.93. The average Bonchev–Trinajstić information content (AvgIpc) is 2.59. The van der Waals surface area contributed by atoms with E-state index >= 15 is 0 Å². The van der Waals surface area contributed by atoms with Gasteiger partial charge in [-0.2, -0.15) is 0 Å². The normalized spacial score (nSPS) is 20.9. The molecule has 1 aromatic rings. The van der Waals surface area contributed by atoms with Crippen molar-refractivity contribution in [1.29, 1.82) is 0 Å². The van der Waals surface area contributed by atoms with Gasteiger partial charge in [-0.3, -0.25) is 0 Å². The van der Waals surface area contributed by atoms with Crippen molar-refractivity contribution in [3.05, 3.63) is 28.2 Å². The standard InChI is InChI=1S/C18H28BrN3O/c1-20-7-9-21(10-8-20)6-2-3-16-4-5-17(15-18(16)19)22-11-13-23-14-12-22/h4-5,15H,2-3,6-14H2,1H3. The Balaban J connectivity index is 1.48. The number of hydrogen-bond donors (Lipinski definition) is 0. The summed E-state index contributed by atoms with van der Waals surface area (Å²) in [5.41, 5.74) is 2.74. The average molecular weight is 382 g/mol. The molecule has 1 aromatic carbocycles. The van der Waals surface area contributed by atoms with Crippen molar-refractivity contribution in [3.8, 4) is 0 Å². The monoisotopic (exact) mass is 381 g/mol. The lowest BCUT2D eigenvalue weighted by Gasteiger charge is -2.32. The fraction of sp³-hybridized carbons (Fsp3) is 0.667. The minimum Gasteiger partial charge on any atom is -0.378 e. The first-order valence-corrected chi connectivity index (χ1v) is 9.54. The zero-order valence-corrected chi connectivity index (χ0v) is 15.7. The molecule has 0 saturated carbocycles. The van der Waals surface area contributed by atoms with Crippen molar-refractivity contribution < 1.29 is 4.74 Å². The largest absolute Gasteiger partial charge is 0.378 e. The number of rotatable bonds is 5. The SMILES string of the molecule is CN1CCN(CCCc2ccc(N3CCOCC3)cc2Br)CC1. The van der Waals surface area contributed by atoms with Crippen LogP contribution in [0, 0.1) is 0 Å². The lowest BCUT2D eigenvalue weighted by atomic mass is 10.1. The summed E-state index contributed by atoms with van der Waals surface area (Å²) in [5, 5.41) is 0. The summed E-state index contributed by atoms with van der Waals surface area (Å²) >= 11 is 3.77. The number of halogens is 1. The zero-order valence-electron chi connectivity index (χ0n) is 14.1. The maximum atomic E-state index is 5.43. The van der Waals surface area contributed by atoms with Gasteiger partial charge in [-0.05, 0) is 44.1 Å². The number of ether oxygens (including phenoxy) is 1. The molecule has 2 heterocycles. The van der Waals surface area contributed by atoms with E-state index in [4.69, 9.17) is 4.74 Å². The molecule has 128 valence electrons. The van der Waals surface area contributed by atoms with Crippen LogP contribution >= 0.6 is 15.9 Å². The highest BCUT2D eigenvalue weighted by molar-refractivity contribution is 9.10. The van der Waals surface area contributed by atoms with Crippen LogP contribution in [0.3, 0.4) is 0 Å². The van der Waals surface area contributed by atoms with E-state index in [1.807, 2.05) is 0 Å². The van der Waals surface area contributed by atoms with Crippen LogP contribution in [-0.2, 0) is 11.2 Å². The predicted octanol–water partition coefficient (Wildman–Crippen LogP) is 2.47. The van der Waals surface area contributed by atoms with Gasteiger partial charge in [0.05, 0.1) is 13.2 Å². The summed E-state index contributed by atoms with van der Waals surface area (Å²) < 4.78 is 6.68. The van der Waals surface area contributed by atoms with E-state index in [1.165, 1.54) is 54.9 Å². The molecule has 4 nitrogen and oxygen atoms in total. The summed E-state index contributed by atoms with van der Waals surface area (Å²) in [7, 11) is 2.21. The fourth-order valence-electron chi connectivity index (χ4n) is 3.32. The topological polar surface area (TPSA) is 19.0 Å². The van der Waals surface area contributed by atoms with Crippen LogP contribution in [0.25, 0.3) is 0 Å². The molecule has 2 fully saturated rings.